The predicted molar refractivity (Wildman–Crippen MR) is 125 cm³/mol. The van der Waals surface area contributed by atoms with Gasteiger partial charge in [-0.2, -0.15) is 0 Å². The zero-order valence-electron chi connectivity index (χ0n) is 18.6. The molecule has 1 saturated carbocycles. The summed E-state index contributed by atoms with van der Waals surface area (Å²) in [5, 5.41) is 3.94. The van der Waals surface area contributed by atoms with E-state index in [1.54, 1.807) is 13.0 Å². The van der Waals surface area contributed by atoms with Gasteiger partial charge in [-0.1, -0.05) is 11.6 Å². The fourth-order valence-corrected chi connectivity index (χ4v) is 4.17. The summed E-state index contributed by atoms with van der Waals surface area (Å²) in [5.74, 6) is 0.800. The van der Waals surface area contributed by atoms with E-state index in [1.807, 2.05) is 30.1 Å². The lowest BCUT2D eigenvalue weighted by Crippen LogP contribution is -2.39. The van der Waals surface area contributed by atoms with Crippen LogP contribution >= 0.6 is 11.6 Å². The Morgan fingerprint density at radius 3 is 2.70 bits per heavy atom. The molecule has 1 aliphatic rings. The summed E-state index contributed by atoms with van der Waals surface area (Å²) in [6.45, 7) is 1.73. The van der Waals surface area contributed by atoms with Gasteiger partial charge in [-0.15, -0.1) is 0 Å². The van der Waals surface area contributed by atoms with Crippen molar-refractivity contribution in [3.63, 3.8) is 0 Å². The van der Waals surface area contributed by atoms with Gasteiger partial charge in [-0.25, -0.2) is 14.4 Å². The first kappa shape index (κ1) is 23.2. The van der Waals surface area contributed by atoms with Crippen LogP contribution < -0.4 is 10.1 Å². The largest absolute Gasteiger partial charge is 0.468 e. The summed E-state index contributed by atoms with van der Waals surface area (Å²) in [4.78, 5) is 22.0. The molecule has 0 saturated heterocycles. The maximum absolute atomic E-state index is 13.5. The Morgan fingerprint density at radius 2 is 1.97 bits per heavy atom. The SMILES string of the molecule is CC(=O)N(C)C1CCC(OCOc2ccc3ncnc(Nc4ccc(F)c(Cl)c4)c3c2)CC1. The number of amides is 1. The van der Waals surface area contributed by atoms with Crippen molar-refractivity contribution in [1.82, 2.24) is 14.9 Å². The number of nitrogens with one attached hydrogen (secondary N) is 1. The highest BCUT2D eigenvalue weighted by molar-refractivity contribution is 6.31. The molecule has 1 aromatic heterocycles. The Hall–Kier alpha value is -2.97. The van der Waals surface area contributed by atoms with Crippen LogP contribution in [0.25, 0.3) is 10.9 Å². The average Bonchev–Trinajstić information content (AvgIpc) is 2.82. The molecule has 174 valence electrons. The van der Waals surface area contributed by atoms with Gasteiger partial charge < -0.3 is 19.7 Å². The summed E-state index contributed by atoms with van der Waals surface area (Å²) >= 11 is 5.88. The smallest absolute Gasteiger partial charge is 0.219 e. The Morgan fingerprint density at radius 1 is 1.18 bits per heavy atom. The van der Waals surface area contributed by atoms with Gasteiger partial charge in [0.2, 0.25) is 5.91 Å². The van der Waals surface area contributed by atoms with Crippen molar-refractivity contribution >= 4 is 39.9 Å². The molecule has 0 unspecified atom stereocenters. The summed E-state index contributed by atoms with van der Waals surface area (Å²) in [5.41, 5.74) is 1.35. The molecule has 0 spiro atoms. The number of rotatable bonds is 7. The van der Waals surface area contributed by atoms with E-state index in [0.717, 1.165) is 36.6 Å². The van der Waals surface area contributed by atoms with E-state index in [1.165, 1.54) is 18.5 Å². The Bertz CT molecular complexity index is 1140. The first-order valence-corrected chi connectivity index (χ1v) is 11.2. The van der Waals surface area contributed by atoms with E-state index in [-0.39, 0.29) is 29.9 Å². The fraction of sp³-hybridized carbons (Fsp3) is 0.375. The molecule has 2 aromatic carbocycles. The number of fused-ring (bicyclic) bond motifs is 1. The topological polar surface area (TPSA) is 76.6 Å². The van der Waals surface area contributed by atoms with Crippen LogP contribution in [0.15, 0.2) is 42.7 Å². The van der Waals surface area contributed by atoms with Gasteiger partial charge in [0, 0.05) is 31.1 Å². The lowest BCUT2D eigenvalue weighted by atomic mass is 9.92. The van der Waals surface area contributed by atoms with Gasteiger partial charge >= 0.3 is 0 Å². The molecule has 4 rings (SSSR count). The monoisotopic (exact) mass is 472 g/mol. The molecular weight excluding hydrogens is 447 g/mol. The van der Waals surface area contributed by atoms with E-state index in [9.17, 15) is 9.18 Å². The van der Waals surface area contributed by atoms with Crippen molar-refractivity contribution < 1.29 is 18.7 Å². The number of anilines is 2. The number of nitrogens with zero attached hydrogens (tertiary/aromatic N) is 3. The second kappa shape index (κ2) is 10.3. The van der Waals surface area contributed by atoms with Crippen LogP contribution in [0, 0.1) is 5.82 Å². The summed E-state index contributed by atoms with van der Waals surface area (Å²) in [6, 6.07) is 10.2. The molecule has 0 radical (unpaired) electrons. The molecule has 0 bridgehead atoms. The van der Waals surface area contributed by atoms with Crippen LogP contribution in [-0.4, -0.2) is 46.8 Å². The van der Waals surface area contributed by atoms with Crippen molar-refractivity contribution in [2.75, 3.05) is 19.2 Å². The number of carbonyl (C=O) groups excluding carboxylic acids is 1. The molecule has 0 aliphatic heterocycles. The van der Waals surface area contributed by atoms with E-state index in [2.05, 4.69) is 15.3 Å². The second-order valence-electron chi connectivity index (χ2n) is 8.14. The number of hydrogen-bond donors (Lipinski definition) is 1. The second-order valence-corrected chi connectivity index (χ2v) is 8.55. The molecule has 9 heteroatoms. The third kappa shape index (κ3) is 5.69. The van der Waals surface area contributed by atoms with Crippen molar-refractivity contribution in [2.45, 2.75) is 44.8 Å². The third-order valence-electron chi connectivity index (χ3n) is 6.01. The molecule has 1 N–H and O–H groups in total. The molecule has 1 heterocycles. The number of benzene rings is 2. The minimum Gasteiger partial charge on any atom is -0.468 e. The van der Waals surface area contributed by atoms with Gasteiger partial charge in [0.05, 0.1) is 16.6 Å². The maximum atomic E-state index is 13.5. The van der Waals surface area contributed by atoms with Gasteiger partial charge in [-0.05, 0) is 62.1 Å². The minimum absolute atomic E-state index is 0.0292. The Labute approximate surface area is 196 Å². The molecule has 3 aromatic rings. The zero-order chi connectivity index (χ0) is 23.4. The Balaban J connectivity index is 1.36. The molecule has 7 nitrogen and oxygen atoms in total. The van der Waals surface area contributed by atoms with E-state index < -0.39 is 5.82 Å². The van der Waals surface area contributed by atoms with Crippen LogP contribution in [0.3, 0.4) is 0 Å². The molecular formula is C24H26ClFN4O3. The zero-order valence-corrected chi connectivity index (χ0v) is 19.3. The first-order valence-electron chi connectivity index (χ1n) is 10.9. The van der Waals surface area contributed by atoms with Crippen LogP contribution in [0.2, 0.25) is 5.02 Å². The van der Waals surface area contributed by atoms with Crippen LogP contribution in [0.5, 0.6) is 5.75 Å². The van der Waals surface area contributed by atoms with E-state index in [4.69, 9.17) is 21.1 Å². The molecule has 0 atom stereocenters. The highest BCUT2D eigenvalue weighted by Gasteiger charge is 2.25. The third-order valence-corrected chi connectivity index (χ3v) is 6.30. The molecule has 1 aliphatic carbocycles. The van der Waals surface area contributed by atoms with E-state index >= 15 is 0 Å². The molecule has 33 heavy (non-hydrogen) atoms. The predicted octanol–water partition coefficient (Wildman–Crippen LogP) is 5.31. The minimum atomic E-state index is -0.482. The van der Waals surface area contributed by atoms with Gasteiger partial charge in [0.1, 0.15) is 23.7 Å². The van der Waals surface area contributed by atoms with Crippen molar-refractivity contribution in [3.8, 4) is 5.75 Å². The van der Waals surface area contributed by atoms with Gasteiger partial charge in [0.25, 0.3) is 0 Å². The number of carbonyl (C=O) groups is 1. The van der Waals surface area contributed by atoms with Crippen molar-refractivity contribution in [3.05, 3.63) is 53.6 Å². The summed E-state index contributed by atoms with van der Waals surface area (Å²) in [7, 11) is 1.86. The lowest BCUT2D eigenvalue weighted by Gasteiger charge is -2.34. The normalized spacial score (nSPS) is 18.2. The average molecular weight is 473 g/mol. The molecule has 1 amide bonds. The number of hydrogen-bond acceptors (Lipinski definition) is 6. The van der Waals surface area contributed by atoms with Crippen molar-refractivity contribution in [2.24, 2.45) is 0 Å². The van der Waals surface area contributed by atoms with Gasteiger partial charge in [0.15, 0.2) is 6.79 Å². The highest BCUT2D eigenvalue weighted by Crippen LogP contribution is 2.29. The van der Waals surface area contributed by atoms with Gasteiger partial charge in [-0.3, -0.25) is 4.79 Å². The lowest BCUT2D eigenvalue weighted by molar-refractivity contribution is -0.131. The standard InChI is InChI=1S/C24H26ClFN4O3/c1-15(31)30(2)17-4-6-18(7-5-17)32-14-33-19-8-10-23-20(12-19)24(28-13-27-23)29-16-3-9-22(26)21(25)11-16/h3,8-13,17-18H,4-7,14H2,1-2H3,(H,27,28,29). The van der Waals surface area contributed by atoms with Crippen LogP contribution in [-0.2, 0) is 9.53 Å². The van der Waals surface area contributed by atoms with E-state index in [0.29, 0.717) is 17.3 Å². The highest BCUT2D eigenvalue weighted by atomic mass is 35.5. The van der Waals surface area contributed by atoms with Crippen molar-refractivity contribution in [1.29, 1.82) is 0 Å². The number of ether oxygens (including phenoxy) is 2. The first-order chi connectivity index (χ1) is 15.9. The fourth-order valence-electron chi connectivity index (χ4n) is 3.99. The summed E-state index contributed by atoms with van der Waals surface area (Å²) < 4.78 is 25.2. The Kier molecular flexibility index (Phi) is 7.25. The molecule has 1 fully saturated rings. The van der Waals surface area contributed by atoms with Crippen LogP contribution in [0.1, 0.15) is 32.6 Å². The number of aromatic nitrogens is 2. The van der Waals surface area contributed by atoms with Crippen LogP contribution in [0.4, 0.5) is 15.9 Å². The number of halogens is 2. The maximum Gasteiger partial charge on any atom is 0.219 e. The quantitative estimate of drug-likeness (QED) is 0.470. The summed E-state index contributed by atoms with van der Waals surface area (Å²) in [6.07, 6.45) is 5.22.